The van der Waals surface area contributed by atoms with Gasteiger partial charge in [-0.05, 0) is 18.3 Å². The van der Waals surface area contributed by atoms with E-state index in [0.717, 1.165) is 12.4 Å². The van der Waals surface area contributed by atoms with Crippen LogP contribution in [0.1, 0.15) is 26.2 Å². The van der Waals surface area contributed by atoms with Crippen LogP contribution in [0.3, 0.4) is 0 Å². The number of anilines is 2. The number of methoxy groups -OCH3 is 1. The lowest BCUT2D eigenvalue weighted by atomic mass is 9.70. The van der Waals surface area contributed by atoms with Crippen LogP contribution in [0.5, 0.6) is 5.88 Å². The van der Waals surface area contributed by atoms with Crippen LogP contribution in [0.2, 0.25) is 0 Å². The zero-order valence-corrected chi connectivity index (χ0v) is 9.79. The van der Waals surface area contributed by atoms with E-state index in [1.54, 1.807) is 13.2 Å². The van der Waals surface area contributed by atoms with Crippen LogP contribution in [0.15, 0.2) is 6.07 Å². The van der Waals surface area contributed by atoms with Gasteiger partial charge in [-0.1, -0.05) is 13.3 Å². The molecule has 0 amide bonds. The highest BCUT2D eigenvalue weighted by Crippen LogP contribution is 2.40. The highest BCUT2D eigenvalue weighted by atomic mass is 16.5. The average molecular weight is 222 g/mol. The lowest BCUT2D eigenvalue weighted by Crippen LogP contribution is -2.33. The molecule has 2 rings (SSSR count). The van der Waals surface area contributed by atoms with Crippen LogP contribution >= 0.6 is 0 Å². The summed E-state index contributed by atoms with van der Waals surface area (Å²) >= 11 is 0. The molecule has 0 atom stereocenters. The second kappa shape index (κ2) is 4.15. The fourth-order valence-electron chi connectivity index (χ4n) is 1.90. The number of aromatic nitrogens is 2. The summed E-state index contributed by atoms with van der Waals surface area (Å²) in [5.74, 6) is 1.46. The van der Waals surface area contributed by atoms with E-state index in [0.29, 0.717) is 11.3 Å². The molecular weight excluding hydrogens is 204 g/mol. The third-order valence-electron chi connectivity index (χ3n) is 3.19. The van der Waals surface area contributed by atoms with Gasteiger partial charge in [0.25, 0.3) is 0 Å². The van der Waals surface area contributed by atoms with Crippen LogP contribution in [-0.2, 0) is 0 Å². The highest BCUT2D eigenvalue weighted by molar-refractivity contribution is 5.42. The second-order valence-corrected chi connectivity index (χ2v) is 4.67. The number of nitrogens with two attached hydrogens (primary N) is 1. The fourth-order valence-corrected chi connectivity index (χ4v) is 1.90. The maximum Gasteiger partial charge on any atom is 0.225 e. The minimum Gasteiger partial charge on any atom is -0.481 e. The molecule has 3 N–H and O–H groups in total. The quantitative estimate of drug-likeness (QED) is 0.810. The molecule has 0 saturated heterocycles. The van der Waals surface area contributed by atoms with Gasteiger partial charge in [0.2, 0.25) is 11.8 Å². The Kier molecular flexibility index (Phi) is 2.85. The summed E-state index contributed by atoms with van der Waals surface area (Å²) in [6.07, 6.45) is 3.88. The number of nitrogen functional groups attached to an aromatic ring is 1. The minimum absolute atomic E-state index is 0.237. The number of hydrogen-bond donors (Lipinski definition) is 2. The lowest BCUT2D eigenvalue weighted by Gasteiger charge is -2.38. The Hall–Kier alpha value is -1.52. The monoisotopic (exact) mass is 222 g/mol. The molecule has 0 radical (unpaired) electrons. The third kappa shape index (κ3) is 2.35. The van der Waals surface area contributed by atoms with Crippen LogP contribution in [0.4, 0.5) is 11.8 Å². The van der Waals surface area contributed by atoms with Crippen molar-refractivity contribution in [1.82, 2.24) is 9.97 Å². The summed E-state index contributed by atoms with van der Waals surface area (Å²) in [6.45, 7) is 3.21. The van der Waals surface area contributed by atoms with E-state index in [1.165, 1.54) is 19.3 Å². The standard InChI is InChI=1S/C11H18N4O/c1-11(4-3-5-11)7-13-8-6-9(16-2)15-10(12)14-8/h6H,3-5,7H2,1-2H3,(H3,12,13,14,15). The van der Waals surface area contributed by atoms with Crippen LogP contribution in [0, 0.1) is 5.41 Å². The Morgan fingerprint density at radius 1 is 1.50 bits per heavy atom. The Bertz CT molecular complexity index is 376. The summed E-state index contributed by atoms with van der Waals surface area (Å²) in [5.41, 5.74) is 5.99. The second-order valence-electron chi connectivity index (χ2n) is 4.67. The molecule has 16 heavy (non-hydrogen) atoms. The molecule has 1 aromatic rings. The average Bonchev–Trinajstić information content (AvgIpc) is 2.23. The number of rotatable bonds is 4. The molecule has 5 heteroatoms. The maximum absolute atomic E-state index is 5.58. The molecular formula is C11H18N4O. The van der Waals surface area contributed by atoms with E-state index >= 15 is 0 Å². The van der Waals surface area contributed by atoms with Crippen LogP contribution in [0.25, 0.3) is 0 Å². The van der Waals surface area contributed by atoms with Gasteiger partial charge in [-0.25, -0.2) is 0 Å². The predicted octanol–water partition coefficient (Wildman–Crippen LogP) is 1.67. The molecule has 0 spiro atoms. The van der Waals surface area contributed by atoms with Gasteiger partial charge in [-0.15, -0.1) is 0 Å². The molecule has 1 aliphatic carbocycles. The largest absolute Gasteiger partial charge is 0.481 e. The van der Waals surface area contributed by atoms with Crippen molar-refractivity contribution in [2.45, 2.75) is 26.2 Å². The first-order valence-corrected chi connectivity index (χ1v) is 5.54. The van der Waals surface area contributed by atoms with Crippen molar-refractivity contribution in [3.63, 3.8) is 0 Å². The van der Waals surface area contributed by atoms with Gasteiger partial charge in [0.1, 0.15) is 5.82 Å². The Morgan fingerprint density at radius 2 is 2.25 bits per heavy atom. The summed E-state index contributed by atoms with van der Waals surface area (Å²) in [6, 6.07) is 1.76. The van der Waals surface area contributed by atoms with Crippen molar-refractivity contribution < 1.29 is 4.74 Å². The van der Waals surface area contributed by atoms with Gasteiger partial charge >= 0.3 is 0 Å². The number of nitrogens with zero attached hydrogens (tertiary/aromatic N) is 2. The van der Waals surface area contributed by atoms with Gasteiger partial charge in [0.05, 0.1) is 7.11 Å². The van der Waals surface area contributed by atoms with Crippen molar-refractivity contribution >= 4 is 11.8 Å². The van der Waals surface area contributed by atoms with E-state index in [9.17, 15) is 0 Å². The van der Waals surface area contributed by atoms with Gasteiger partial charge in [0.15, 0.2) is 0 Å². The maximum atomic E-state index is 5.58. The minimum atomic E-state index is 0.237. The topological polar surface area (TPSA) is 73.1 Å². The lowest BCUT2D eigenvalue weighted by molar-refractivity contribution is 0.180. The van der Waals surface area contributed by atoms with E-state index in [-0.39, 0.29) is 5.95 Å². The van der Waals surface area contributed by atoms with E-state index in [4.69, 9.17) is 10.5 Å². The van der Waals surface area contributed by atoms with Crippen molar-refractivity contribution in [2.75, 3.05) is 24.7 Å². The fraction of sp³-hybridized carbons (Fsp3) is 0.636. The molecule has 1 aromatic heterocycles. The molecule has 0 aromatic carbocycles. The molecule has 0 unspecified atom stereocenters. The van der Waals surface area contributed by atoms with E-state index in [2.05, 4.69) is 22.2 Å². The first kappa shape index (κ1) is 11.0. The number of nitrogens with one attached hydrogen (secondary N) is 1. The van der Waals surface area contributed by atoms with Crippen LogP contribution in [-0.4, -0.2) is 23.6 Å². The summed E-state index contributed by atoms with van der Waals surface area (Å²) in [5, 5.41) is 3.29. The zero-order valence-electron chi connectivity index (χ0n) is 9.79. The Morgan fingerprint density at radius 3 is 2.81 bits per heavy atom. The Balaban J connectivity index is 2.00. The summed E-state index contributed by atoms with van der Waals surface area (Å²) in [4.78, 5) is 8.05. The van der Waals surface area contributed by atoms with Gasteiger partial charge in [-0.2, -0.15) is 9.97 Å². The Labute approximate surface area is 95.4 Å². The molecule has 0 bridgehead atoms. The molecule has 1 aliphatic rings. The molecule has 1 heterocycles. The third-order valence-corrected chi connectivity index (χ3v) is 3.19. The predicted molar refractivity (Wildman–Crippen MR) is 63.4 cm³/mol. The summed E-state index contributed by atoms with van der Waals surface area (Å²) in [7, 11) is 1.57. The van der Waals surface area contributed by atoms with E-state index < -0.39 is 0 Å². The molecule has 88 valence electrons. The normalized spacial score (nSPS) is 17.6. The molecule has 1 saturated carbocycles. The molecule has 5 nitrogen and oxygen atoms in total. The molecule has 1 fully saturated rings. The SMILES string of the molecule is COc1cc(NCC2(C)CCC2)nc(N)n1. The van der Waals surface area contributed by atoms with Crippen molar-refractivity contribution in [3.05, 3.63) is 6.07 Å². The highest BCUT2D eigenvalue weighted by Gasteiger charge is 2.31. The number of ether oxygens (including phenoxy) is 1. The van der Waals surface area contributed by atoms with Crippen molar-refractivity contribution in [2.24, 2.45) is 5.41 Å². The molecule has 0 aliphatic heterocycles. The first-order chi connectivity index (χ1) is 7.61. The van der Waals surface area contributed by atoms with Gasteiger partial charge in [-0.3, -0.25) is 0 Å². The van der Waals surface area contributed by atoms with Crippen molar-refractivity contribution in [3.8, 4) is 5.88 Å². The van der Waals surface area contributed by atoms with Crippen molar-refractivity contribution in [1.29, 1.82) is 0 Å². The van der Waals surface area contributed by atoms with Gasteiger partial charge in [0, 0.05) is 12.6 Å². The summed E-state index contributed by atoms with van der Waals surface area (Å²) < 4.78 is 5.04. The first-order valence-electron chi connectivity index (χ1n) is 5.54. The van der Waals surface area contributed by atoms with Crippen LogP contribution < -0.4 is 15.8 Å². The number of hydrogen-bond acceptors (Lipinski definition) is 5. The zero-order chi connectivity index (χ0) is 11.6. The van der Waals surface area contributed by atoms with E-state index in [1.807, 2.05) is 0 Å². The smallest absolute Gasteiger partial charge is 0.225 e. The van der Waals surface area contributed by atoms with Gasteiger partial charge < -0.3 is 15.8 Å².